The molecule has 2 aromatic rings. The van der Waals surface area contributed by atoms with Crippen LogP contribution in [0.5, 0.6) is 5.75 Å². The summed E-state index contributed by atoms with van der Waals surface area (Å²) in [5.74, 6) is 0.907. The molecule has 1 aromatic carbocycles. The van der Waals surface area contributed by atoms with Crippen LogP contribution in [0, 0.1) is 0 Å². The highest BCUT2D eigenvalue weighted by atomic mass is 32.2. The minimum absolute atomic E-state index is 0.907. The summed E-state index contributed by atoms with van der Waals surface area (Å²) in [6.45, 7) is 0.982. The zero-order valence-electron chi connectivity index (χ0n) is 10.8. The highest BCUT2D eigenvalue weighted by Gasteiger charge is 2.07. The van der Waals surface area contributed by atoms with Crippen molar-refractivity contribution in [2.24, 2.45) is 0 Å². The molecule has 0 radical (unpaired) electrons. The van der Waals surface area contributed by atoms with Gasteiger partial charge >= 0.3 is 0 Å². The van der Waals surface area contributed by atoms with Gasteiger partial charge in [0.2, 0.25) is 0 Å². The summed E-state index contributed by atoms with van der Waals surface area (Å²) in [5, 5.41) is 4.44. The van der Waals surface area contributed by atoms with Crippen molar-refractivity contribution >= 4 is 23.1 Å². The van der Waals surface area contributed by atoms with Crippen LogP contribution in [-0.4, -0.2) is 26.1 Å². The number of ether oxygens (including phenoxy) is 1. The maximum Gasteiger partial charge on any atom is 0.119 e. The van der Waals surface area contributed by atoms with Crippen LogP contribution in [0.1, 0.15) is 5.56 Å². The van der Waals surface area contributed by atoms with Crippen LogP contribution < -0.4 is 4.74 Å². The molecule has 96 valence electrons. The van der Waals surface area contributed by atoms with E-state index in [9.17, 15) is 0 Å². The minimum Gasteiger partial charge on any atom is -0.497 e. The number of hydrogen-bond acceptors (Lipinski definition) is 4. The van der Waals surface area contributed by atoms with Crippen LogP contribution in [0.25, 0.3) is 0 Å². The zero-order valence-corrected chi connectivity index (χ0v) is 12.5. The molecule has 0 bridgehead atoms. The van der Waals surface area contributed by atoms with Gasteiger partial charge in [0, 0.05) is 21.7 Å². The van der Waals surface area contributed by atoms with Gasteiger partial charge in [0.15, 0.2) is 0 Å². The van der Waals surface area contributed by atoms with Crippen molar-refractivity contribution in [2.75, 3.05) is 21.2 Å². The molecular formula is C14H17NOS2. The molecule has 4 heteroatoms. The van der Waals surface area contributed by atoms with Gasteiger partial charge < -0.3 is 9.64 Å². The number of thiophene rings is 1. The maximum absolute atomic E-state index is 5.25. The summed E-state index contributed by atoms with van der Waals surface area (Å²) in [5.41, 5.74) is 1.39. The third-order valence-electron chi connectivity index (χ3n) is 2.46. The van der Waals surface area contributed by atoms with Crippen molar-refractivity contribution in [3.05, 3.63) is 40.6 Å². The second-order valence-corrected chi connectivity index (χ2v) is 6.14. The van der Waals surface area contributed by atoms with Gasteiger partial charge in [-0.3, -0.25) is 0 Å². The van der Waals surface area contributed by atoms with E-state index in [4.69, 9.17) is 4.74 Å². The summed E-state index contributed by atoms with van der Waals surface area (Å²) in [6.07, 6.45) is 0. The first-order valence-corrected chi connectivity index (χ1v) is 7.46. The van der Waals surface area contributed by atoms with E-state index in [0.29, 0.717) is 0 Å². The predicted molar refractivity (Wildman–Crippen MR) is 78.8 cm³/mol. The summed E-state index contributed by atoms with van der Waals surface area (Å²) in [4.78, 5) is 4.74. The Kier molecular flexibility index (Phi) is 4.69. The molecule has 0 saturated carbocycles. The van der Waals surface area contributed by atoms with E-state index in [-0.39, 0.29) is 0 Å². The molecular weight excluding hydrogens is 262 g/mol. The number of methoxy groups -OCH3 is 1. The Labute approximate surface area is 117 Å². The molecule has 2 nitrogen and oxygen atoms in total. The van der Waals surface area contributed by atoms with E-state index >= 15 is 0 Å². The van der Waals surface area contributed by atoms with Gasteiger partial charge in [0.05, 0.1) is 7.11 Å². The molecule has 0 saturated heterocycles. The zero-order chi connectivity index (χ0) is 13.0. The number of rotatable bonds is 5. The average molecular weight is 279 g/mol. The number of nitrogens with zero attached hydrogens (tertiary/aromatic N) is 1. The molecule has 0 spiro atoms. The monoisotopic (exact) mass is 279 g/mol. The fraction of sp³-hybridized carbons (Fsp3) is 0.286. The van der Waals surface area contributed by atoms with Gasteiger partial charge in [-0.15, -0.1) is 0 Å². The van der Waals surface area contributed by atoms with Crippen LogP contribution in [0.15, 0.2) is 44.8 Å². The molecule has 2 rings (SSSR count). The fourth-order valence-electron chi connectivity index (χ4n) is 1.65. The third kappa shape index (κ3) is 3.51. The molecule has 0 unspecified atom stereocenters. The second-order valence-electron chi connectivity index (χ2n) is 4.28. The summed E-state index contributed by atoms with van der Waals surface area (Å²) in [6, 6.07) is 8.18. The topological polar surface area (TPSA) is 12.5 Å². The van der Waals surface area contributed by atoms with Gasteiger partial charge in [-0.25, -0.2) is 0 Å². The Hall–Kier alpha value is -0.970. The van der Waals surface area contributed by atoms with Crippen LogP contribution >= 0.6 is 23.1 Å². The van der Waals surface area contributed by atoms with Gasteiger partial charge in [-0.05, 0) is 43.2 Å². The largest absolute Gasteiger partial charge is 0.497 e. The molecule has 0 fully saturated rings. The molecule has 0 atom stereocenters. The minimum atomic E-state index is 0.907. The highest BCUT2D eigenvalue weighted by Crippen LogP contribution is 2.34. The Morgan fingerprint density at radius 1 is 1.28 bits per heavy atom. The van der Waals surface area contributed by atoms with Gasteiger partial charge in [-0.2, -0.15) is 11.3 Å². The van der Waals surface area contributed by atoms with E-state index in [1.54, 1.807) is 30.2 Å². The molecule has 0 N–H and O–H groups in total. The van der Waals surface area contributed by atoms with E-state index in [1.807, 2.05) is 12.1 Å². The lowest BCUT2D eigenvalue weighted by Gasteiger charge is -2.10. The molecule has 1 aromatic heterocycles. The van der Waals surface area contributed by atoms with Crippen molar-refractivity contribution in [3.63, 3.8) is 0 Å². The molecule has 0 aliphatic rings. The predicted octanol–water partition coefficient (Wildman–Crippen LogP) is 3.97. The number of benzene rings is 1. The standard InChI is InChI=1S/C14H17NOS2/c1-15(2)8-11-9-17-10-14(11)18-13-6-4-5-12(7-13)16-3/h4-7,9-10H,8H2,1-3H3. The molecule has 1 heterocycles. The summed E-state index contributed by atoms with van der Waals surface area (Å²) in [7, 11) is 5.89. The number of hydrogen-bond donors (Lipinski definition) is 0. The normalized spacial score (nSPS) is 10.9. The summed E-state index contributed by atoms with van der Waals surface area (Å²) >= 11 is 3.55. The van der Waals surface area contributed by atoms with E-state index in [1.165, 1.54) is 15.4 Å². The van der Waals surface area contributed by atoms with E-state index < -0.39 is 0 Å². The molecule has 0 aliphatic heterocycles. The Morgan fingerprint density at radius 3 is 2.83 bits per heavy atom. The Balaban J connectivity index is 2.15. The lowest BCUT2D eigenvalue weighted by Crippen LogP contribution is -2.10. The quantitative estimate of drug-likeness (QED) is 0.821. The van der Waals surface area contributed by atoms with Gasteiger partial charge in [0.25, 0.3) is 0 Å². The first kappa shape index (κ1) is 13.5. The molecule has 0 amide bonds. The van der Waals surface area contributed by atoms with Crippen LogP contribution in [0.4, 0.5) is 0 Å². The van der Waals surface area contributed by atoms with Crippen molar-refractivity contribution < 1.29 is 4.74 Å². The Bertz CT molecular complexity index is 508. The van der Waals surface area contributed by atoms with Crippen LogP contribution in [0.3, 0.4) is 0 Å². The first-order chi connectivity index (χ1) is 8.69. The van der Waals surface area contributed by atoms with E-state index in [2.05, 4.69) is 41.9 Å². The lowest BCUT2D eigenvalue weighted by molar-refractivity contribution is 0.400. The van der Waals surface area contributed by atoms with Crippen LogP contribution in [-0.2, 0) is 6.54 Å². The lowest BCUT2D eigenvalue weighted by atomic mass is 10.3. The maximum atomic E-state index is 5.25. The first-order valence-electron chi connectivity index (χ1n) is 5.70. The fourth-order valence-corrected chi connectivity index (χ4v) is 3.62. The van der Waals surface area contributed by atoms with Crippen molar-refractivity contribution in [3.8, 4) is 5.75 Å². The van der Waals surface area contributed by atoms with Gasteiger partial charge in [-0.1, -0.05) is 17.8 Å². The smallest absolute Gasteiger partial charge is 0.119 e. The van der Waals surface area contributed by atoms with Crippen molar-refractivity contribution in [1.82, 2.24) is 4.90 Å². The van der Waals surface area contributed by atoms with Gasteiger partial charge in [0.1, 0.15) is 5.75 Å². The van der Waals surface area contributed by atoms with Crippen molar-refractivity contribution in [2.45, 2.75) is 16.3 Å². The Morgan fingerprint density at radius 2 is 2.11 bits per heavy atom. The second kappa shape index (κ2) is 6.27. The highest BCUT2D eigenvalue weighted by molar-refractivity contribution is 7.99. The van der Waals surface area contributed by atoms with Crippen molar-refractivity contribution in [1.29, 1.82) is 0 Å². The molecule has 0 aliphatic carbocycles. The third-order valence-corrected chi connectivity index (χ3v) is 4.49. The van der Waals surface area contributed by atoms with E-state index in [0.717, 1.165) is 12.3 Å². The summed E-state index contributed by atoms with van der Waals surface area (Å²) < 4.78 is 5.25. The van der Waals surface area contributed by atoms with Crippen LogP contribution in [0.2, 0.25) is 0 Å². The average Bonchev–Trinajstić information content (AvgIpc) is 2.76. The SMILES string of the molecule is COc1cccc(Sc2cscc2CN(C)C)c1. The molecule has 18 heavy (non-hydrogen) atoms.